The van der Waals surface area contributed by atoms with E-state index in [1.165, 1.54) is 4.80 Å². The lowest BCUT2D eigenvalue weighted by molar-refractivity contribution is 0.0999. The Morgan fingerprint density at radius 2 is 2.10 bits per heavy atom. The summed E-state index contributed by atoms with van der Waals surface area (Å²) in [6.45, 7) is 1.74. The number of carbonyl (C=O) groups is 1. The first-order valence-electron chi connectivity index (χ1n) is 9.25. The van der Waals surface area contributed by atoms with Gasteiger partial charge in [0, 0.05) is 18.3 Å². The maximum absolute atomic E-state index is 12.5. The Bertz CT molecular complexity index is 1060. The Kier molecular flexibility index (Phi) is 5.20. The smallest absolute Gasteiger partial charge is 0.267 e. The topological polar surface area (TPSA) is 156 Å². The maximum Gasteiger partial charge on any atom is 0.267 e. The second kappa shape index (κ2) is 8.10. The minimum absolute atomic E-state index is 0.0816. The number of primary amides is 1. The van der Waals surface area contributed by atoms with Crippen molar-refractivity contribution in [2.24, 2.45) is 5.73 Å². The number of hydrogen-bond donors (Lipinski definition) is 5. The number of nitrogens with one attached hydrogen (secondary N) is 4. The fraction of sp³-hybridized carbons (Fsp3) is 0.278. The summed E-state index contributed by atoms with van der Waals surface area (Å²) in [6, 6.07) is 7.30. The van der Waals surface area contributed by atoms with Crippen LogP contribution in [0, 0.1) is 0 Å². The summed E-state index contributed by atoms with van der Waals surface area (Å²) < 4.78 is 0. The van der Waals surface area contributed by atoms with Crippen molar-refractivity contribution in [1.29, 1.82) is 0 Å². The molecule has 0 radical (unpaired) electrons. The first-order valence-corrected chi connectivity index (χ1v) is 9.25. The van der Waals surface area contributed by atoms with Crippen LogP contribution in [0.1, 0.15) is 23.2 Å². The molecule has 1 aliphatic heterocycles. The molecule has 3 aromatic rings. The van der Waals surface area contributed by atoms with Crippen LogP contribution in [-0.2, 0) is 0 Å². The molecule has 1 amide bonds. The molecule has 3 heterocycles. The van der Waals surface area contributed by atoms with Crippen LogP contribution in [0.25, 0.3) is 5.69 Å². The molecule has 0 saturated carbocycles. The molecule has 0 bridgehead atoms. The number of anilines is 3. The van der Waals surface area contributed by atoms with Gasteiger partial charge in [-0.05, 0) is 37.6 Å². The summed E-state index contributed by atoms with van der Waals surface area (Å²) in [5.74, 6) is -0.503. The first kappa shape index (κ1) is 18.6. The number of amides is 1. The number of nitrogens with zero attached hydrogens (tertiary/aromatic N) is 4. The monoisotopic (exact) mass is 395 g/mol. The number of aromatic nitrogens is 5. The van der Waals surface area contributed by atoms with Crippen LogP contribution < -0.4 is 27.2 Å². The molecular weight excluding hydrogens is 374 g/mol. The van der Waals surface area contributed by atoms with Crippen LogP contribution in [0.2, 0.25) is 0 Å². The summed E-state index contributed by atoms with van der Waals surface area (Å²) in [6.07, 6.45) is 5.12. The van der Waals surface area contributed by atoms with Crippen LogP contribution in [0.15, 0.2) is 41.5 Å². The third kappa shape index (κ3) is 4.24. The predicted molar refractivity (Wildman–Crippen MR) is 108 cm³/mol. The number of benzene rings is 1. The number of aromatic amines is 1. The van der Waals surface area contributed by atoms with Crippen molar-refractivity contribution >= 4 is 23.4 Å². The van der Waals surface area contributed by atoms with Crippen LogP contribution in [0.4, 0.5) is 17.5 Å². The molecule has 6 N–H and O–H groups in total. The highest BCUT2D eigenvalue weighted by Crippen LogP contribution is 2.20. The van der Waals surface area contributed by atoms with Crippen molar-refractivity contribution in [3.8, 4) is 5.69 Å². The molecule has 1 atom stereocenters. The van der Waals surface area contributed by atoms with Gasteiger partial charge in [-0.1, -0.05) is 6.07 Å². The number of nitrogens with two attached hydrogens (primary N) is 1. The van der Waals surface area contributed by atoms with Crippen LogP contribution in [0.3, 0.4) is 0 Å². The highest BCUT2D eigenvalue weighted by Gasteiger charge is 2.19. The molecular formula is C18H21N9O2. The molecule has 1 aromatic carbocycles. The van der Waals surface area contributed by atoms with Gasteiger partial charge in [0.25, 0.3) is 11.5 Å². The number of carbonyl (C=O) groups excluding carboxylic acids is 1. The lowest BCUT2D eigenvalue weighted by Crippen LogP contribution is -2.39. The Balaban J connectivity index is 1.65. The number of piperidine rings is 1. The van der Waals surface area contributed by atoms with Crippen molar-refractivity contribution in [2.75, 3.05) is 23.7 Å². The molecule has 11 nitrogen and oxygen atoms in total. The molecule has 0 spiro atoms. The van der Waals surface area contributed by atoms with Gasteiger partial charge in [0.1, 0.15) is 5.56 Å². The van der Waals surface area contributed by atoms with Crippen molar-refractivity contribution in [1.82, 2.24) is 30.3 Å². The number of H-pyrrole nitrogens is 1. The van der Waals surface area contributed by atoms with Crippen LogP contribution in [0.5, 0.6) is 0 Å². The number of rotatable bonds is 6. The largest absolute Gasteiger partial charge is 0.365 e. The van der Waals surface area contributed by atoms with E-state index in [1.54, 1.807) is 30.6 Å². The zero-order valence-electron chi connectivity index (χ0n) is 15.6. The second-order valence-electron chi connectivity index (χ2n) is 6.68. The zero-order chi connectivity index (χ0) is 20.2. The van der Waals surface area contributed by atoms with E-state index in [-0.39, 0.29) is 23.4 Å². The van der Waals surface area contributed by atoms with Gasteiger partial charge in [0.2, 0.25) is 5.95 Å². The predicted octanol–water partition coefficient (Wildman–Crippen LogP) is 0.357. The summed E-state index contributed by atoms with van der Waals surface area (Å²) >= 11 is 0. The second-order valence-corrected chi connectivity index (χ2v) is 6.68. The van der Waals surface area contributed by atoms with Gasteiger partial charge in [-0.2, -0.15) is 20.0 Å². The van der Waals surface area contributed by atoms with Crippen molar-refractivity contribution in [3.05, 3.63) is 52.6 Å². The van der Waals surface area contributed by atoms with Crippen molar-refractivity contribution < 1.29 is 4.79 Å². The lowest BCUT2D eigenvalue weighted by Gasteiger charge is -2.24. The summed E-state index contributed by atoms with van der Waals surface area (Å²) in [5.41, 5.74) is 5.88. The Morgan fingerprint density at radius 1 is 1.28 bits per heavy atom. The molecule has 0 aliphatic carbocycles. The van der Waals surface area contributed by atoms with Gasteiger partial charge >= 0.3 is 0 Å². The molecule has 4 rings (SSSR count). The minimum Gasteiger partial charge on any atom is -0.365 e. The molecule has 150 valence electrons. The Morgan fingerprint density at radius 3 is 2.83 bits per heavy atom. The highest BCUT2D eigenvalue weighted by molar-refractivity contribution is 5.98. The van der Waals surface area contributed by atoms with Gasteiger partial charge in [-0.15, -0.1) is 0 Å². The van der Waals surface area contributed by atoms with E-state index in [1.807, 2.05) is 6.07 Å². The summed E-state index contributed by atoms with van der Waals surface area (Å²) in [5, 5.41) is 17.7. The van der Waals surface area contributed by atoms with E-state index in [9.17, 15) is 9.59 Å². The fourth-order valence-corrected chi connectivity index (χ4v) is 3.22. The maximum atomic E-state index is 12.5. The zero-order valence-corrected chi connectivity index (χ0v) is 15.6. The van der Waals surface area contributed by atoms with E-state index in [0.717, 1.165) is 25.9 Å². The van der Waals surface area contributed by atoms with Crippen molar-refractivity contribution in [3.63, 3.8) is 0 Å². The van der Waals surface area contributed by atoms with E-state index >= 15 is 0 Å². The fourth-order valence-electron chi connectivity index (χ4n) is 3.22. The third-order valence-corrected chi connectivity index (χ3v) is 4.56. The lowest BCUT2D eigenvalue weighted by atomic mass is 10.1. The molecule has 1 fully saturated rings. The van der Waals surface area contributed by atoms with Gasteiger partial charge < -0.3 is 21.7 Å². The average Bonchev–Trinajstić information content (AvgIpc) is 3.23. The van der Waals surface area contributed by atoms with E-state index in [0.29, 0.717) is 11.4 Å². The Hall–Kier alpha value is -3.73. The molecule has 1 aliphatic rings. The van der Waals surface area contributed by atoms with Gasteiger partial charge in [-0.3, -0.25) is 14.6 Å². The van der Waals surface area contributed by atoms with Crippen LogP contribution >= 0.6 is 0 Å². The van der Waals surface area contributed by atoms with E-state index in [4.69, 9.17) is 5.73 Å². The van der Waals surface area contributed by atoms with Gasteiger partial charge in [0.15, 0.2) is 5.82 Å². The molecule has 29 heavy (non-hydrogen) atoms. The summed E-state index contributed by atoms with van der Waals surface area (Å²) in [7, 11) is 0. The summed E-state index contributed by atoms with van der Waals surface area (Å²) in [4.78, 5) is 32.8. The molecule has 0 unspecified atom stereocenters. The van der Waals surface area contributed by atoms with Crippen molar-refractivity contribution in [2.45, 2.75) is 18.9 Å². The SMILES string of the molecule is NC(=O)c1c(Nc2cccc(-n3nccn3)c2)nc(N[C@@H]2CCCNC2)[nH]c1=O. The minimum atomic E-state index is -0.864. The van der Waals surface area contributed by atoms with Crippen LogP contribution in [-0.4, -0.2) is 50.0 Å². The number of hydrogen-bond acceptors (Lipinski definition) is 8. The standard InChI is InChI=1S/C18H21N9O2/c19-15(28)14-16(23-11-3-1-5-13(9-11)27-21-7-8-22-27)25-18(26-17(14)29)24-12-4-2-6-20-10-12/h1,3,5,7-9,12,20H,2,4,6,10H2,(H2,19,28)(H3,23,24,25,26,29)/t12-/m1/s1. The average molecular weight is 395 g/mol. The van der Waals surface area contributed by atoms with Gasteiger partial charge in [0.05, 0.1) is 18.1 Å². The molecule has 2 aromatic heterocycles. The first-order chi connectivity index (χ1) is 14.1. The van der Waals surface area contributed by atoms with E-state index in [2.05, 4.69) is 36.1 Å². The van der Waals surface area contributed by atoms with Gasteiger partial charge in [-0.25, -0.2) is 0 Å². The molecule has 11 heteroatoms. The Labute approximate surface area is 165 Å². The third-order valence-electron chi connectivity index (χ3n) is 4.56. The normalized spacial score (nSPS) is 16.3. The highest BCUT2D eigenvalue weighted by atomic mass is 16.2. The van der Waals surface area contributed by atoms with E-state index < -0.39 is 11.5 Å². The molecule has 1 saturated heterocycles. The quantitative estimate of drug-likeness (QED) is 0.400.